The van der Waals surface area contributed by atoms with Crippen molar-refractivity contribution in [3.05, 3.63) is 0 Å². The molecule has 110 valence electrons. The second-order valence-electron chi connectivity index (χ2n) is 3.76. The maximum Gasteiger partial charge on any atom is 0.306 e. The van der Waals surface area contributed by atoms with Gasteiger partial charge < -0.3 is 10.5 Å². The van der Waals surface area contributed by atoms with Crippen molar-refractivity contribution in [1.82, 2.24) is 8.61 Å². The fourth-order valence-electron chi connectivity index (χ4n) is 1.06. The number of hydrogen-bond acceptors (Lipinski definition) is 5. The minimum Gasteiger partial charge on any atom is -0.469 e. The first-order valence-electron chi connectivity index (χ1n) is 5.23. The third-order valence-electron chi connectivity index (χ3n) is 2.58. The lowest BCUT2D eigenvalue weighted by molar-refractivity contribution is -0.140. The van der Waals surface area contributed by atoms with E-state index < -0.39 is 16.2 Å². The van der Waals surface area contributed by atoms with Crippen LogP contribution in [0.2, 0.25) is 0 Å². The van der Waals surface area contributed by atoms with Gasteiger partial charge >= 0.3 is 5.97 Å². The van der Waals surface area contributed by atoms with Crippen molar-refractivity contribution < 1.29 is 17.9 Å². The van der Waals surface area contributed by atoms with E-state index in [1.807, 2.05) is 0 Å². The fourth-order valence-corrected chi connectivity index (χ4v) is 2.36. The van der Waals surface area contributed by atoms with Crippen LogP contribution in [0, 0.1) is 0 Å². The Morgan fingerprint density at radius 1 is 1.39 bits per heavy atom. The molecule has 0 saturated carbocycles. The van der Waals surface area contributed by atoms with Crippen LogP contribution in [0.15, 0.2) is 0 Å². The standard InChI is InChI=1S/C9H21N3O4S.ClH/c1-8(7-10)12(3)17(14,15)11(2)6-5-9(13)16-4;/h8H,5-7,10H2,1-4H3;1H. The quantitative estimate of drug-likeness (QED) is 0.636. The summed E-state index contributed by atoms with van der Waals surface area (Å²) in [5, 5.41) is 0. The lowest BCUT2D eigenvalue weighted by Crippen LogP contribution is -2.46. The van der Waals surface area contributed by atoms with Crippen LogP contribution < -0.4 is 5.73 Å². The Morgan fingerprint density at radius 2 is 1.89 bits per heavy atom. The van der Waals surface area contributed by atoms with Crippen molar-refractivity contribution in [2.75, 3.05) is 34.3 Å². The molecule has 0 aromatic carbocycles. The van der Waals surface area contributed by atoms with Crippen molar-refractivity contribution in [2.45, 2.75) is 19.4 Å². The molecule has 1 unspecified atom stereocenters. The van der Waals surface area contributed by atoms with E-state index in [9.17, 15) is 13.2 Å². The zero-order chi connectivity index (χ0) is 13.6. The van der Waals surface area contributed by atoms with Crippen molar-refractivity contribution in [3.8, 4) is 0 Å². The molecule has 2 N–H and O–H groups in total. The van der Waals surface area contributed by atoms with Crippen molar-refractivity contribution in [2.24, 2.45) is 5.73 Å². The minimum absolute atomic E-state index is 0. The molecule has 0 aromatic rings. The van der Waals surface area contributed by atoms with E-state index in [1.54, 1.807) is 6.92 Å². The predicted molar refractivity (Wildman–Crippen MR) is 71.7 cm³/mol. The smallest absolute Gasteiger partial charge is 0.306 e. The summed E-state index contributed by atoms with van der Waals surface area (Å²) >= 11 is 0. The Kier molecular flexibility index (Phi) is 9.57. The van der Waals surface area contributed by atoms with Gasteiger partial charge in [-0.05, 0) is 6.92 Å². The number of nitrogens with two attached hydrogens (primary N) is 1. The highest BCUT2D eigenvalue weighted by molar-refractivity contribution is 7.86. The summed E-state index contributed by atoms with van der Waals surface area (Å²) in [7, 11) is 0.563. The van der Waals surface area contributed by atoms with Gasteiger partial charge in [-0.15, -0.1) is 12.4 Å². The van der Waals surface area contributed by atoms with E-state index in [0.717, 1.165) is 4.31 Å². The van der Waals surface area contributed by atoms with Crippen molar-refractivity contribution >= 4 is 28.6 Å². The molecule has 0 aromatic heterocycles. The molecule has 0 spiro atoms. The van der Waals surface area contributed by atoms with E-state index in [0.29, 0.717) is 0 Å². The van der Waals surface area contributed by atoms with Crippen LogP contribution in [-0.2, 0) is 19.7 Å². The number of hydrogen-bond donors (Lipinski definition) is 1. The number of carbonyl (C=O) groups is 1. The zero-order valence-electron chi connectivity index (χ0n) is 11.1. The Hall–Kier alpha value is -0.410. The van der Waals surface area contributed by atoms with E-state index in [2.05, 4.69) is 4.74 Å². The molecule has 0 saturated heterocycles. The van der Waals surface area contributed by atoms with Crippen molar-refractivity contribution in [1.29, 1.82) is 0 Å². The topological polar surface area (TPSA) is 92.9 Å². The summed E-state index contributed by atoms with van der Waals surface area (Å²) in [6.07, 6.45) is 0.0249. The molecule has 1 atom stereocenters. The Labute approximate surface area is 115 Å². The third-order valence-corrected chi connectivity index (χ3v) is 4.64. The van der Waals surface area contributed by atoms with Gasteiger partial charge in [0, 0.05) is 33.2 Å². The number of halogens is 1. The number of likely N-dealkylation sites (N-methyl/N-ethyl adjacent to an activating group) is 1. The average Bonchev–Trinajstić information content (AvgIpc) is 2.32. The van der Waals surface area contributed by atoms with Crippen LogP contribution >= 0.6 is 12.4 Å². The van der Waals surface area contributed by atoms with Crippen LogP contribution in [0.25, 0.3) is 0 Å². The molecule has 7 nitrogen and oxygen atoms in total. The molecule has 0 radical (unpaired) electrons. The van der Waals surface area contributed by atoms with Gasteiger partial charge in [0.05, 0.1) is 13.5 Å². The van der Waals surface area contributed by atoms with Crippen LogP contribution in [0.5, 0.6) is 0 Å². The molecular formula is C9H22ClN3O4S. The normalized spacial score (nSPS) is 13.3. The molecule has 0 amide bonds. The Balaban J connectivity index is 0. The van der Waals surface area contributed by atoms with Gasteiger partial charge in [0.2, 0.25) is 0 Å². The molecule has 0 aliphatic rings. The fraction of sp³-hybridized carbons (Fsp3) is 0.889. The molecule has 18 heavy (non-hydrogen) atoms. The van der Waals surface area contributed by atoms with Gasteiger partial charge in [0.1, 0.15) is 0 Å². The first-order valence-corrected chi connectivity index (χ1v) is 6.63. The monoisotopic (exact) mass is 303 g/mol. The molecule has 0 aliphatic carbocycles. The number of rotatable bonds is 7. The maximum atomic E-state index is 12.0. The number of methoxy groups -OCH3 is 1. The first kappa shape index (κ1) is 19.9. The average molecular weight is 304 g/mol. The molecule has 0 aliphatic heterocycles. The Morgan fingerprint density at radius 3 is 2.28 bits per heavy atom. The highest BCUT2D eigenvalue weighted by Gasteiger charge is 2.27. The number of carbonyl (C=O) groups excluding carboxylic acids is 1. The lowest BCUT2D eigenvalue weighted by atomic mass is 10.4. The highest BCUT2D eigenvalue weighted by atomic mass is 35.5. The summed E-state index contributed by atoms with van der Waals surface area (Å²) in [6.45, 7) is 2.03. The molecule has 0 rings (SSSR count). The first-order chi connectivity index (χ1) is 7.77. The van der Waals surface area contributed by atoms with Crippen molar-refractivity contribution in [3.63, 3.8) is 0 Å². The van der Waals surface area contributed by atoms with E-state index in [1.165, 1.54) is 25.5 Å². The summed E-state index contributed by atoms with van der Waals surface area (Å²) in [6, 6.07) is -0.291. The lowest BCUT2D eigenvalue weighted by Gasteiger charge is -2.27. The second kappa shape index (κ2) is 8.65. The molecule has 0 heterocycles. The van der Waals surface area contributed by atoms with E-state index in [-0.39, 0.29) is 38.0 Å². The zero-order valence-corrected chi connectivity index (χ0v) is 12.8. The summed E-state index contributed by atoms with van der Waals surface area (Å²) in [5.74, 6) is -0.443. The van der Waals surface area contributed by atoms with Gasteiger partial charge in [-0.3, -0.25) is 4.79 Å². The van der Waals surface area contributed by atoms with Crippen LogP contribution in [0.3, 0.4) is 0 Å². The van der Waals surface area contributed by atoms with Crippen LogP contribution in [0.4, 0.5) is 0 Å². The summed E-state index contributed by atoms with van der Waals surface area (Å²) < 4.78 is 30.7. The highest BCUT2D eigenvalue weighted by Crippen LogP contribution is 2.08. The van der Waals surface area contributed by atoms with Gasteiger partial charge in [-0.2, -0.15) is 17.0 Å². The summed E-state index contributed by atoms with van der Waals surface area (Å²) in [4.78, 5) is 10.9. The number of ether oxygens (including phenoxy) is 1. The molecule has 0 bridgehead atoms. The SMILES string of the molecule is COC(=O)CCN(C)S(=O)(=O)N(C)C(C)CN.Cl. The van der Waals surface area contributed by atoms with Gasteiger partial charge in [0.15, 0.2) is 0 Å². The molecule has 9 heteroatoms. The predicted octanol–water partition coefficient (Wildman–Crippen LogP) is -0.573. The van der Waals surface area contributed by atoms with E-state index >= 15 is 0 Å². The Bertz CT molecular complexity index is 350. The summed E-state index contributed by atoms with van der Waals surface area (Å²) in [5.41, 5.74) is 5.41. The maximum absolute atomic E-state index is 12.0. The van der Waals surface area contributed by atoms with Gasteiger partial charge in [0.25, 0.3) is 10.2 Å². The molecule has 0 fully saturated rings. The number of esters is 1. The third kappa shape index (κ3) is 5.49. The van der Waals surface area contributed by atoms with Crippen LogP contribution in [0.1, 0.15) is 13.3 Å². The minimum atomic E-state index is -3.58. The van der Waals surface area contributed by atoms with Crippen LogP contribution in [-0.4, -0.2) is 63.3 Å². The largest absolute Gasteiger partial charge is 0.469 e. The number of nitrogens with zero attached hydrogens (tertiary/aromatic N) is 2. The van der Waals surface area contributed by atoms with Gasteiger partial charge in [-0.25, -0.2) is 0 Å². The molecular weight excluding hydrogens is 282 g/mol. The second-order valence-corrected chi connectivity index (χ2v) is 5.85. The van der Waals surface area contributed by atoms with Gasteiger partial charge in [-0.1, -0.05) is 0 Å². The van der Waals surface area contributed by atoms with E-state index in [4.69, 9.17) is 5.73 Å².